The first-order valence-electron chi connectivity index (χ1n) is 8.92. The van der Waals surface area contributed by atoms with Crippen LogP contribution in [-0.4, -0.2) is 68.4 Å². The number of aromatic amines is 1. The van der Waals surface area contributed by atoms with Crippen LogP contribution in [0.3, 0.4) is 0 Å². The lowest BCUT2D eigenvalue weighted by atomic mass is 10.1. The molecular weight excluding hydrogens is 365 g/mol. The SMILES string of the molecule is COC(=O)N1CC(C)N(c2ncc3[nH]nc(-c4ccc(F)nc4)c3n2)C(C)C1. The Morgan fingerprint density at radius 3 is 2.61 bits per heavy atom. The molecule has 0 aromatic carbocycles. The maximum Gasteiger partial charge on any atom is 0.409 e. The summed E-state index contributed by atoms with van der Waals surface area (Å²) in [5, 5.41) is 7.19. The Hall–Kier alpha value is -3.30. The zero-order valence-electron chi connectivity index (χ0n) is 15.8. The molecule has 1 aliphatic rings. The number of pyridine rings is 1. The molecule has 1 amide bonds. The number of nitrogens with one attached hydrogen (secondary N) is 1. The fraction of sp³-hybridized carbons (Fsp3) is 0.389. The zero-order chi connectivity index (χ0) is 19.8. The summed E-state index contributed by atoms with van der Waals surface area (Å²) in [6.45, 7) is 5.05. The van der Waals surface area contributed by atoms with Crippen LogP contribution in [0.5, 0.6) is 0 Å². The number of nitrogens with zero attached hydrogens (tertiary/aromatic N) is 6. The van der Waals surface area contributed by atoms with Crippen LogP contribution in [-0.2, 0) is 4.74 Å². The van der Waals surface area contributed by atoms with E-state index in [0.29, 0.717) is 41.3 Å². The van der Waals surface area contributed by atoms with Crippen LogP contribution in [0.1, 0.15) is 13.8 Å². The van der Waals surface area contributed by atoms with Gasteiger partial charge in [-0.2, -0.15) is 9.49 Å². The third-order valence-corrected chi connectivity index (χ3v) is 4.87. The molecule has 28 heavy (non-hydrogen) atoms. The first-order chi connectivity index (χ1) is 13.5. The molecule has 9 nitrogen and oxygen atoms in total. The van der Waals surface area contributed by atoms with E-state index in [1.165, 1.54) is 19.4 Å². The molecule has 0 saturated carbocycles. The predicted molar refractivity (Wildman–Crippen MR) is 100 cm³/mol. The minimum atomic E-state index is -0.551. The highest BCUT2D eigenvalue weighted by Crippen LogP contribution is 2.28. The summed E-state index contributed by atoms with van der Waals surface area (Å²) < 4.78 is 18.0. The van der Waals surface area contributed by atoms with Gasteiger partial charge in [-0.15, -0.1) is 0 Å². The second kappa shape index (κ2) is 7.02. The van der Waals surface area contributed by atoms with E-state index in [9.17, 15) is 9.18 Å². The van der Waals surface area contributed by atoms with Crippen LogP contribution in [0.4, 0.5) is 15.1 Å². The maximum absolute atomic E-state index is 13.1. The summed E-state index contributed by atoms with van der Waals surface area (Å²) in [6.07, 6.45) is 2.76. The number of H-pyrrole nitrogens is 1. The summed E-state index contributed by atoms with van der Waals surface area (Å²) in [4.78, 5) is 28.5. The number of carbonyl (C=O) groups is 1. The largest absolute Gasteiger partial charge is 0.453 e. The number of fused-ring (bicyclic) bond motifs is 1. The lowest BCUT2D eigenvalue weighted by molar-refractivity contribution is 0.109. The quantitative estimate of drug-likeness (QED) is 0.675. The Labute approximate surface area is 160 Å². The van der Waals surface area contributed by atoms with Crippen LogP contribution in [0.2, 0.25) is 0 Å². The fourth-order valence-corrected chi connectivity index (χ4v) is 3.64. The number of amides is 1. The van der Waals surface area contributed by atoms with Gasteiger partial charge in [0.05, 0.1) is 13.3 Å². The molecule has 146 valence electrons. The number of rotatable bonds is 2. The minimum absolute atomic E-state index is 0.00291. The van der Waals surface area contributed by atoms with Gasteiger partial charge in [-0.3, -0.25) is 5.10 Å². The lowest BCUT2D eigenvalue weighted by Gasteiger charge is -2.43. The number of halogens is 1. The molecule has 1 aliphatic heterocycles. The standard InChI is InChI=1S/C18H20FN7O2/c1-10-8-25(18(27)28-3)9-11(2)26(10)17-21-7-13-16(22-17)15(24-23-13)12-4-5-14(19)20-6-12/h4-7,10-11H,8-9H2,1-3H3,(H,23,24). The van der Waals surface area contributed by atoms with Gasteiger partial charge >= 0.3 is 6.09 Å². The van der Waals surface area contributed by atoms with E-state index in [1.807, 2.05) is 13.8 Å². The average molecular weight is 385 g/mol. The van der Waals surface area contributed by atoms with Crippen LogP contribution < -0.4 is 4.90 Å². The van der Waals surface area contributed by atoms with Crippen LogP contribution in [0.25, 0.3) is 22.3 Å². The van der Waals surface area contributed by atoms with Crippen molar-refractivity contribution in [2.75, 3.05) is 25.1 Å². The van der Waals surface area contributed by atoms with Crippen molar-refractivity contribution in [3.8, 4) is 11.3 Å². The Morgan fingerprint density at radius 2 is 1.96 bits per heavy atom. The molecule has 0 spiro atoms. The van der Waals surface area contributed by atoms with Crippen molar-refractivity contribution in [2.24, 2.45) is 0 Å². The van der Waals surface area contributed by atoms with Gasteiger partial charge in [0.25, 0.3) is 0 Å². The van der Waals surface area contributed by atoms with E-state index in [4.69, 9.17) is 9.72 Å². The Kier molecular flexibility index (Phi) is 4.54. The van der Waals surface area contributed by atoms with Crippen molar-refractivity contribution in [3.63, 3.8) is 0 Å². The van der Waals surface area contributed by atoms with E-state index in [2.05, 4.69) is 25.1 Å². The number of hydrogen-bond acceptors (Lipinski definition) is 7. The molecule has 2 atom stereocenters. The van der Waals surface area contributed by atoms with Crippen molar-refractivity contribution in [2.45, 2.75) is 25.9 Å². The molecule has 4 heterocycles. The molecule has 10 heteroatoms. The third-order valence-electron chi connectivity index (χ3n) is 4.87. The minimum Gasteiger partial charge on any atom is -0.453 e. The molecule has 4 rings (SSSR count). The summed E-state index contributed by atoms with van der Waals surface area (Å²) in [5.74, 6) is -0.000214. The molecule has 0 bridgehead atoms. The number of ether oxygens (including phenoxy) is 1. The Morgan fingerprint density at radius 1 is 1.21 bits per heavy atom. The molecule has 3 aromatic rings. The van der Waals surface area contributed by atoms with Gasteiger partial charge in [0.2, 0.25) is 11.9 Å². The molecule has 1 saturated heterocycles. The van der Waals surface area contributed by atoms with E-state index in [1.54, 1.807) is 17.2 Å². The van der Waals surface area contributed by atoms with Gasteiger partial charge in [-0.05, 0) is 26.0 Å². The molecule has 1 fully saturated rings. The highest BCUT2D eigenvalue weighted by molar-refractivity contribution is 5.89. The summed E-state index contributed by atoms with van der Waals surface area (Å²) in [7, 11) is 1.38. The number of methoxy groups -OCH3 is 1. The fourth-order valence-electron chi connectivity index (χ4n) is 3.64. The monoisotopic (exact) mass is 385 g/mol. The van der Waals surface area contributed by atoms with Gasteiger partial charge in [0, 0.05) is 36.9 Å². The lowest BCUT2D eigenvalue weighted by Crippen LogP contribution is -2.58. The van der Waals surface area contributed by atoms with Crippen molar-refractivity contribution in [1.82, 2.24) is 30.0 Å². The molecule has 0 radical (unpaired) electrons. The van der Waals surface area contributed by atoms with Gasteiger partial charge in [0.1, 0.15) is 16.7 Å². The van der Waals surface area contributed by atoms with Crippen molar-refractivity contribution in [3.05, 3.63) is 30.5 Å². The topological polar surface area (TPSA) is 100 Å². The Balaban J connectivity index is 1.69. The number of aromatic nitrogens is 5. The highest BCUT2D eigenvalue weighted by atomic mass is 19.1. The number of anilines is 1. The first kappa shape index (κ1) is 18.1. The van der Waals surface area contributed by atoms with Crippen molar-refractivity contribution < 1.29 is 13.9 Å². The van der Waals surface area contributed by atoms with E-state index < -0.39 is 5.95 Å². The normalized spacial score (nSPS) is 19.9. The van der Waals surface area contributed by atoms with Gasteiger partial charge in [0.15, 0.2) is 0 Å². The number of piperazine rings is 1. The predicted octanol–water partition coefficient (Wildman–Crippen LogP) is 2.22. The van der Waals surface area contributed by atoms with Gasteiger partial charge in [-0.1, -0.05) is 0 Å². The summed E-state index contributed by atoms with van der Waals surface area (Å²) >= 11 is 0. The van der Waals surface area contributed by atoms with Crippen molar-refractivity contribution >= 4 is 23.1 Å². The second-order valence-corrected chi connectivity index (χ2v) is 6.85. The van der Waals surface area contributed by atoms with E-state index in [0.717, 1.165) is 0 Å². The number of hydrogen-bond donors (Lipinski definition) is 1. The second-order valence-electron chi connectivity index (χ2n) is 6.85. The summed E-state index contributed by atoms with van der Waals surface area (Å²) in [6, 6.07) is 2.90. The first-order valence-corrected chi connectivity index (χ1v) is 8.92. The Bertz CT molecular complexity index is 995. The van der Waals surface area contributed by atoms with Crippen LogP contribution >= 0.6 is 0 Å². The van der Waals surface area contributed by atoms with Crippen LogP contribution in [0.15, 0.2) is 24.5 Å². The van der Waals surface area contributed by atoms with Crippen molar-refractivity contribution in [1.29, 1.82) is 0 Å². The average Bonchev–Trinajstić information content (AvgIpc) is 3.10. The molecule has 3 aromatic heterocycles. The molecule has 1 N–H and O–H groups in total. The van der Waals surface area contributed by atoms with Gasteiger partial charge in [-0.25, -0.2) is 19.7 Å². The van der Waals surface area contributed by atoms with E-state index in [-0.39, 0.29) is 18.2 Å². The molecule has 0 aliphatic carbocycles. The highest BCUT2D eigenvalue weighted by Gasteiger charge is 2.34. The van der Waals surface area contributed by atoms with E-state index >= 15 is 0 Å². The van der Waals surface area contributed by atoms with Gasteiger partial charge < -0.3 is 14.5 Å². The smallest absolute Gasteiger partial charge is 0.409 e. The summed E-state index contributed by atoms with van der Waals surface area (Å²) in [5.41, 5.74) is 2.55. The van der Waals surface area contributed by atoms with Crippen LogP contribution in [0, 0.1) is 5.95 Å². The maximum atomic E-state index is 13.1. The molecule has 2 unspecified atom stereocenters. The zero-order valence-corrected chi connectivity index (χ0v) is 15.8. The number of carbonyl (C=O) groups excluding carboxylic acids is 1. The third kappa shape index (κ3) is 3.10. The molecular formula is C18H20FN7O2.